The molecule has 18 heteroatoms. The van der Waals surface area contributed by atoms with Gasteiger partial charge in [-0.2, -0.15) is 8.42 Å². The van der Waals surface area contributed by atoms with Crippen LogP contribution in [0.4, 0.5) is 0 Å². The molecule has 2 saturated heterocycles. The van der Waals surface area contributed by atoms with Gasteiger partial charge in [-0.3, -0.25) is 19.0 Å². The van der Waals surface area contributed by atoms with Crippen LogP contribution in [0.3, 0.4) is 0 Å². The number of rotatable bonds is 16. The summed E-state index contributed by atoms with van der Waals surface area (Å²) in [4.78, 5) is 40.9. The lowest BCUT2D eigenvalue weighted by atomic mass is 10.0. The number of carboxylic acid groups (broad SMARTS) is 1. The maximum atomic E-state index is 13.1. The Morgan fingerprint density at radius 2 is 1.80 bits per heavy atom. The number of ether oxygens (including phenoxy) is 1. The van der Waals surface area contributed by atoms with Crippen LogP contribution in [0.25, 0.3) is 0 Å². The number of benzene rings is 1. The molecule has 0 bridgehead atoms. The van der Waals surface area contributed by atoms with Crippen molar-refractivity contribution in [3.63, 3.8) is 0 Å². The zero-order valence-corrected chi connectivity index (χ0v) is 31.2. The average molecular weight is 810 g/mol. The van der Waals surface area contributed by atoms with Gasteiger partial charge in [0.1, 0.15) is 30.2 Å². The van der Waals surface area contributed by atoms with Gasteiger partial charge in [0.25, 0.3) is 16.0 Å². The van der Waals surface area contributed by atoms with Gasteiger partial charge >= 0.3 is 5.97 Å². The number of hydrogen-bond donors (Lipinski definition) is 3. The summed E-state index contributed by atoms with van der Waals surface area (Å²) in [5.41, 5.74) is 0.628. The summed E-state index contributed by atoms with van der Waals surface area (Å²) in [6.45, 7) is 5.22. The van der Waals surface area contributed by atoms with Crippen molar-refractivity contribution >= 4 is 86.4 Å². The van der Waals surface area contributed by atoms with Gasteiger partial charge in [-0.25, -0.2) is 9.36 Å². The van der Waals surface area contributed by atoms with E-state index >= 15 is 0 Å². The number of nitrogens with one attached hydrogen (secondary N) is 1. The van der Waals surface area contributed by atoms with Crippen molar-refractivity contribution in [2.24, 2.45) is 0 Å². The Bertz CT molecular complexity index is 1690. The molecule has 0 radical (unpaired) electrons. The number of fused-ring (bicyclic) bond motifs is 1. The van der Waals surface area contributed by atoms with Crippen molar-refractivity contribution in [3.05, 3.63) is 64.0 Å². The fraction of sp³-hybridized carbons (Fsp3) is 0.500. The van der Waals surface area contributed by atoms with Crippen LogP contribution in [0.2, 0.25) is 10.0 Å². The number of aliphatic carboxylic acids is 1. The lowest BCUT2D eigenvalue weighted by Crippen LogP contribution is -2.70. The van der Waals surface area contributed by atoms with Crippen LogP contribution in [0.15, 0.2) is 63.8 Å². The standard InChI is InChI=1S/C31H36Cl2N4O8S4.CH4/c32-22-3-4-24(33)25(17-22)47-20-26(38)34-27-29(39)36-28(31(40)41)21(19-48-30(27)36)18-46-23-5-8-35(9-6-23)7-1-10-37(12-14-45-15-13-37)11-2-16-49(42,43)44;/h3-6,8-9,17,27,30H,1-2,7,10-16,18-20H2,(H-2,34,38,40,41,42,43,44);1H4/p+2. The van der Waals surface area contributed by atoms with E-state index in [1.54, 1.807) is 18.2 Å². The number of β-lactam (4-membered cyclic amide) rings is 1. The molecule has 2 fully saturated rings. The van der Waals surface area contributed by atoms with Crippen molar-refractivity contribution in [1.29, 1.82) is 0 Å². The number of aryl methyl sites for hydroxylation is 1. The van der Waals surface area contributed by atoms with Crippen LogP contribution >= 0.6 is 58.5 Å². The second-order valence-corrected chi connectivity index (χ2v) is 17.6. The van der Waals surface area contributed by atoms with Gasteiger partial charge in [0.2, 0.25) is 5.91 Å². The van der Waals surface area contributed by atoms with E-state index in [0.29, 0.717) is 58.2 Å². The van der Waals surface area contributed by atoms with Gasteiger partial charge in [-0.1, -0.05) is 30.6 Å². The van der Waals surface area contributed by atoms with Crippen LogP contribution in [0.5, 0.6) is 0 Å². The average Bonchev–Trinajstić information content (AvgIpc) is 3.06. The Labute approximate surface area is 315 Å². The number of nitrogens with zero attached hydrogens (tertiary/aromatic N) is 3. The number of amides is 2. The molecule has 2 unspecified atom stereocenters. The Balaban J connectivity index is 0.00000562. The summed E-state index contributed by atoms with van der Waals surface area (Å²) < 4.78 is 39.9. The molecule has 1 aromatic carbocycles. The first-order valence-corrected chi connectivity index (χ1v) is 21.0. The molecular weight excluding hydrogens is 768 g/mol. The van der Waals surface area contributed by atoms with Crippen molar-refractivity contribution in [3.8, 4) is 0 Å². The predicted molar refractivity (Wildman–Crippen MR) is 197 cm³/mol. The number of aromatic nitrogens is 1. The lowest BCUT2D eigenvalue weighted by Gasteiger charge is -2.49. The van der Waals surface area contributed by atoms with Gasteiger partial charge in [0.05, 0.1) is 49.3 Å². The molecule has 3 aliphatic heterocycles. The molecule has 4 heterocycles. The number of hydrogen-bond acceptors (Lipinski definition) is 9. The molecule has 0 spiro atoms. The third-order valence-corrected chi connectivity index (χ3v) is 13.6. The number of thioether (sulfide) groups is 3. The zero-order chi connectivity index (χ0) is 35.2. The summed E-state index contributed by atoms with van der Waals surface area (Å²) in [5.74, 6) is -1.37. The largest absolute Gasteiger partial charge is 0.477 e. The molecule has 3 aliphatic rings. The van der Waals surface area contributed by atoms with Crippen molar-refractivity contribution in [2.75, 3.05) is 62.4 Å². The molecule has 5 rings (SSSR count). The normalized spacial score (nSPS) is 20.1. The first-order chi connectivity index (χ1) is 23.3. The van der Waals surface area contributed by atoms with E-state index in [2.05, 4.69) is 9.88 Å². The molecule has 0 aliphatic carbocycles. The molecule has 12 nitrogen and oxygen atoms in total. The number of carboxylic acids is 1. The van der Waals surface area contributed by atoms with E-state index < -0.39 is 33.4 Å². The topological polar surface area (TPSA) is 154 Å². The second-order valence-electron chi connectivity index (χ2n) is 12.0. The highest BCUT2D eigenvalue weighted by Crippen LogP contribution is 2.41. The minimum Gasteiger partial charge on any atom is -0.477 e. The molecule has 3 N–H and O–H groups in total. The maximum absolute atomic E-state index is 13.1. The van der Waals surface area contributed by atoms with Crippen LogP contribution in [0, 0.1) is 0 Å². The molecule has 50 heavy (non-hydrogen) atoms. The quantitative estimate of drug-likeness (QED) is 0.0740. The Morgan fingerprint density at radius 1 is 1.10 bits per heavy atom. The number of halogens is 2. The SMILES string of the molecule is C.O=C(CSc1cc(Cl)ccc1Cl)NC1C(=O)N2C(C(=O)O)=C(CSc3cc[n+](CCC[N+]4(CCCS(=O)(=O)O)CCOCC4)cc3)CSC12. The molecule has 1 aromatic heterocycles. The third-order valence-electron chi connectivity index (χ3n) is 8.60. The monoisotopic (exact) mass is 808 g/mol. The number of carbonyl (C=O) groups excluding carboxylic acids is 2. The highest BCUT2D eigenvalue weighted by molar-refractivity contribution is 8.01. The zero-order valence-electron chi connectivity index (χ0n) is 26.5. The fourth-order valence-electron chi connectivity index (χ4n) is 6.06. The highest BCUT2D eigenvalue weighted by Gasteiger charge is 2.54. The third kappa shape index (κ3) is 10.8. The molecule has 2 amide bonds. The van der Waals surface area contributed by atoms with E-state index in [4.69, 9.17) is 32.5 Å². The molecule has 0 saturated carbocycles. The summed E-state index contributed by atoms with van der Waals surface area (Å²) in [6, 6.07) is 8.11. The van der Waals surface area contributed by atoms with Gasteiger partial charge in [-0.05, 0) is 23.8 Å². The van der Waals surface area contributed by atoms with Crippen LogP contribution < -0.4 is 9.88 Å². The number of carbonyl (C=O) groups is 3. The van der Waals surface area contributed by atoms with Crippen LogP contribution in [-0.4, -0.2) is 119 Å². The Morgan fingerprint density at radius 3 is 2.48 bits per heavy atom. The fourth-order valence-corrected chi connectivity index (χ4v) is 10.2. The molecule has 2 aromatic rings. The summed E-state index contributed by atoms with van der Waals surface area (Å²) >= 11 is 16.3. The van der Waals surface area contributed by atoms with E-state index in [1.165, 1.54) is 40.2 Å². The van der Waals surface area contributed by atoms with Gasteiger partial charge in [-0.15, -0.1) is 35.3 Å². The molecular formula is C32H42Cl2N4O8S4+2. The lowest BCUT2D eigenvalue weighted by molar-refractivity contribution is -0.937. The van der Waals surface area contributed by atoms with Crippen LogP contribution in [0.1, 0.15) is 20.3 Å². The van der Waals surface area contributed by atoms with Crippen molar-refractivity contribution in [2.45, 2.75) is 48.0 Å². The van der Waals surface area contributed by atoms with E-state index in [0.717, 1.165) is 42.0 Å². The maximum Gasteiger partial charge on any atom is 0.352 e. The van der Waals surface area contributed by atoms with E-state index in [-0.39, 0.29) is 30.5 Å². The summed E-state index contributed by atoms with van der Waals surface area (Å²) in [6.07, 6.45) is 5.25. The Kier molecular flexibility index (Phi) is 14.8. The van der Waals surface area contributed by atoms with Crippen LogP contribution in [-0.2, 0) is 35.8 Å². The van der Waals surface area contributed by atoms with E-state index in [1.807, 2.05) is 24.5 Å². The first-order valence-electron chi connectivity index (χ1n) is 15.6. The van der Waals surface area contributed by atoms with Gasteiger partial charge < -0.3 is 19.6 Å². The predicted octanol–water partition coefficient (Wildman–Crippen LogP) is 4.06. The van der Waals surface area contributed by atoms with E-state index in [9.17, 15) is 27.9 Å². The molecule has 274 valence electrons. The number of quaternary nitrogens is 1. The minimum atomic E-state index is -3.98. The highest BCUT2D eigenvalue weighted by atomic mass is 35.5. The van der Waals surface area contributed by atoms with Crippen molar-refractivity contribution in [1.82, 2.24) is 10.2 Å². The van der Waals surface area contributed by atoms with Gasteiger partial charge in [0, 0.05) is 44.9 Å². The van der Waals surface area contributed by atoms with Crippen molar-refractivity contribution < 1.29 is 46.2 Å². The minimum absolute atomic E-state index is 0. The second kappa shape index (κ2) is 18.1. The summed E-state index contributed by atoms with van der Waals surface area (Å²) in [5, 5.41) is 13.3. The summed E-state index contributed by atoms with van der Waals surface area (Å²) in [7, 11) is -3.98. The first kappa shape index (κ1) is 40.7. The number of pyridine rings is 1. The number of morpholine rings is 1. The molecule has 2 atom stereocenters. The smallest absolute Gasteiger partial charge is 0.352 e. The van der Waals surface area contributed by atoms with Gasteiger partial charge in [0.15, 0.2) is 18.9 Å². The Hall–Kier alpha value is -2.02.